The number of aromatic nitrogens is 5. The van der Waals surface area contributed by atoms with Gasteiger partial charge in [-0.05, 0) is 29.5 Å². The molecule has 0 aliphatic heterocycles. The van der Waals surface area contributed by atoms with Gasteiger partial charge in [-0.2, -0.15) is 13.2 Å². The van der Waals surface area contributed by atoms with Crippen LogP contribution in [0, 0.1) is 6.92 Å². The van der Waals surface area contributed by atoms with E-state index in [0.717, 1.165) is 6.07 Å². The van der Waals surface area contributed by atoms with E-state index in [1.54, 1.807) is 7.05 Å². The molecule has 106 valence electrons. The van der Waals surface area contributed by atoms with E-state index in [2.05, 4.69) is 25.8 Å². The molecular weight excluding hydrogens is 293 g/mol. The largest absolute Gasteiger partial charge is 0.433 e. The third-order valence-corrected chi connectivity index (χ3v) is 2.79. The average Bonchev–Trinajstić information content (AvgIpc) is 2.73. The molecule has 10 heteroatoms. The predicted octanol–water partition coefficient (Wildman–Crippen LogP) is 1.72. The van der Waals surface area contributed by atoms with Crippen LogP contribution in [0.15, 0.2) is 12.1 Å². The molecule has 0 saturated heterocycles. The molecule has 0 aliphatic carbocycles. The summed E-state index contributed by atoms with van der Waals surface area (Å²) < 4.78 is 38.9. The highest BCUT2D eigenvalue weighted by Gasteiger charge is 2.32. The molecule has 0 atom stereocenters. The van der Waals surface area contributed by atoms with Crippen LogP contribution in [0.2, 0.25) is 0 Å². The summed E-state index contributed by atoms with van der Waals surface area (Å²) in [5.74, 6) is 0.286. The van der Waals surface area contributed by atoms with Crippen LogP contribution in [0.5, 0.6) is 0 Å². The van der Waals surface area contributed by atoms with Crippen molar-refractivity contribution in [3.05, 3.63) is 29.1 Å². The monoisotopic (exact) mass is 302 g/mol. The first-order valence-corrected chi connectivity index (χ1v) is 5.78. The Morgan fingerprint density at radius 3 is 2.55 bits per heavy atom. The zero-order valence-corrected chi connectivity index (χ0v) is 11.2. The molecule has 0 fully saturated rings. The Morgan fingerprint density at radius 1 is 1.35 bits per heavy atom. The Hall–Kier alpha value is -2.10. The lowest BCUT2D eigenvalue weighted by molar-refractivity contribution is -0.141. The Bertz CT molecular complexity index is 651. The molecule has 0 saturated carbocycles. The highest BCUT2D eigenvalue weighted by atomic mass is 32.1. The first-order valence-electron chi connectivity index (χ1n) is 5.37. The average molecular weight is 302 g/mol. The van der Waals surface area contributed by atoms with Crippen LogP contribution >= 0.6 is 12.2 Å². The maximum absolute atomic E-state index is 12.5. The molecule has 2 heterocycles. The SMILES string of the molecule is Cc1nc(C(F)(F)F)ccc1C(=S)Nc1nnnn1C. The number of hydrogen-bond donors (Lipinski definition) is 1. The maximum atomic E-state index is 12.5. The van der Waals surface area contributed by atoms with E-state index in [1.807, 2.05) is 0 Å². The molecule has 6 nitrogen and oxygen atoms in total. The van der Waals surface area contributed by atoms with E-state index >= 15 is 0 Å². The Balaban J connectivity index is 2.25. The molecule has 1 N–H and O–H groups in total. The van der Waals surface area contributed by atoms with Gasteiger partial charge in [-0.15, -0.1) is 0 Å². The van der Waals surface area contributed by atoms with Gasteiger partial charge in [0.15, 0.2) is 0 Å². The van der Waals surface area contributed by atoms with Crippen LogP contribution in [-0.2, 0) is 13.2 Å². The van der Waals surface area contributed by atoms with Crippen molar-refractivity contribution < 1.29 is 13.2 Å². The summed E-state index contributed by atoms with van der Waals surface area (Å²) in [5.41, 5.74) is -0.398. The van der Waals surface area contributed by atoms with Crippen molar-refractivity contribution in [1.29, 1.82) is 0 Å². The van der Waals surface area contributed by atoms with Gasteiger partial charge in [0.2, 0.25) is 5.95 Å². The fraction of sp³-hybridized carbons (Fsp3) is 0.300. The summed E-state index contributed by atoms with van der Waals surface area (Å²) in [6, 6.07) is 2.15. The normalized spacial score (nSPS) is 11.4. The molecule has 20 heavy (non-hydrogen) atoms. The van der Waals surface area contributed by atoms with Gasteiger partial charge in [-0.1, -0.05) is 17.3 Å². The molecule has 0 radical (unpaired) electrons. The zero-order chi connectivity index (χ0) is 14.9. The minimum Gasteiger partial charge on any atom is -0.313 e. The van der Waals surface area contributed by atoms with Gasteiger partial charge < -0.3 is 5.32 Å². The van der Waals surface area contributed by atoms with Crippen molar-refractivity contribution in [2.24, 2.45) is 7.05 Å². The van der Waals surface area contributed by atoms with Crippen LogP contribution in [0.4, 0.5) is 19.1 Å². The van der Waals surface area contributed by atoms with Crippen LogP contribution in [0.25, 0.3) is 0 Å². The van der Waals surface area contributed by atoms with Crippen molar-refractivity contribution in [2.45, 2.75) is 13.1 Å². The standard InChI is InChI=1S/C10H9F3N6S/c1-5-6(3-4-7(14-5)10(11,12)13)8(20)15-9-16-17-18-19(9)2/h3-4H,1-2H3,(H,15,16,18,20). The second-order valence-electron chi connectivity index (χ2n) is 3.91. The molecular formula is C10H9F3N6S. The van der Waals surface area contributed by atoms with Crippen molar-refractivity contribution >= 4 is 23.2 Å². The summed E-state index contributed by atoms with van der Waals surface area (Å²) in [4.78, 5) is 3.70. The second kappa shape index (κ2) is 5.12. The van der Waals surface area contributed by atoms with Crippen LogP contribution < -0.4 is 5.32 Å². The van der Waals surface area contributed by atoms with Crippen molar-refractivity contribution in [2.75, 3.05) is 5.32 Å². The van der Waals surface area contributed by atoms with Crippen LogP contribution in [-0.4, -0.2) is 30.2 Å². The molecule has 0 unspecified atom stereocenters. The summed E-state index contributed by atoms with van der Waals surface area (Å²) in [7, 11) is 1.60. The summed E-state index contributed by atoms with van der Waals surface area (Å²) in [6.45, 7) is 1.45. The molecule has 2 rings (SSSR count). The van der Waals surface area contributed by atoms with E-state index < -0.39 is 11.9 Å². The van der Waals surface area contributed by atoms with Crippen molar-refractivity contribution in [1.82, 2.24) is 25.2 Å². The lowest BCUT2D eigenvalue weighted by Gasteiger charge is -2.11. The van der Waals surface area contributed by atoms with Crippen LogP contribution in [0.3, 0.4) is 0 Å². The topological polar surface area (TPSA) is 68.5 Å². The van der Waals surface area contributed by atoms with Crippen molar-refractivity contribution in [3.8, 4) is 0 Å². The highest BCUT2D eigenvalue weighted by molar-refractivity contribution is 7.81. The van der Waals surface area contributed by atoms with E-state index in [-0.39, 0.29) is 16.6 Å². The lowest BCUT2D eigenvalue weighted by Crippen LogP contribution is -2.17. The number of halogens is 3. The third kappa shape index (κ3) is 2.90. The zero-order valence-electron chi connectivity index (χ0n) is 10.4. The Labute approximate surface area is 117 Å². The fourth-order valence-corrected chi connectivity index (χ4v) is 1.77. The number of tetrazole rings is 1. The lowest BCUT2D eigenvalue weighted by atomic mass is 10.2. The number of nitrogens with one attached hydrogen (secondary N) is 1. The predicted molar refractivity (Wildman–Crippen MR) is 68.1 cm³/mol. The Kier molecular flexibility index (Phi) is 3.66. The van der Waals surface area contributed by atoms with E-state index in [4.69, 9.17) is 12.2 Å². The second-order valence-corrected chi connectivity index (χ2v) is 4.32. The number of nitrogens with zero attached hydrogens (tertiary/aromatic N) is 5. The summed E-state index contributed by atoms with van der Waals surface area (Å²) >= 11 is 5.11. The number of pyridine rings is 1. The minimum absolute atomic E-state index is 0.174. The molecule has 0 amide bonds. The maximum Gasteiger partial charge on any atom is 0.433 e. The quantitative estimate of drug-likeness (QED) is 0.852. The number of rotatable bonds is 2. The van der Waals surface area contributed by atoms with E-state index in [0.29, 0.717) is 5.56 Å². The van der Waals surface area contributed by atoms with Gasteiger partial charge >= 0.3 is 6.18 Å². The van der Waals surface area contributed by atoms with Crippen LogP contribution in [0.1, 0.15) is 17.0 Å². The number of thiocarbonyl (C=S) groups is 1. The number of hydrogen-bond acceptors (Lipinski definition) is 5. The van der Waals surface area contributed by atoms with Gasteiger partial charge in [0.25, 0.3) is 0 Å². The third-order valence-electron chi connectivity index (χ3n) is 2.47. The van der Waals surface area contributed by atoms with E-state index in [1.165, 1.54) is 17.7 Å². The molecule has 0 bridgehead atoms. The fourth-order valence-electron chi connectivity index (χ4n) is 1.46. The van der Waals surface area contributed by atoms with Gasteiger partial charge in [0, 0.05) is 18.3 Å². The van der Waals surface area contributed by atoms with Gasteiger partial charge in [-0.25, -0.2) is 9.67 Å². The van der Waals surface area contributed by atoms with Gasteiger partial charge in [0.1, 0.15) is 10.7 Å². The molecule has 2 aromatic heterocycles. The smallest absolute Gasteiger partial charge is 0.313 e. The number of aryl methyl sites for hydroxylation is 2. The number of anilines is 1. The van der Waals surface area contributed by atoms with Gasteiger partial charge in [-0.3, -0.25) is 0 Å². The first kappa shape index (κ1) is 14.3. The molecule has 0 aliphatic rings. The molecule has 2 aromatic rings. The summed E-state index contributed by atoms with van der Waals surface area (Å²) in [5, 5.41) is 13.4. The molecule has 0 spiro atoms. The molecule has 0 aromatic carbocycles. The van der Waals surface area contributed by atoms with E-state index in [9.17, 15) is 13.2 Å². The summed E-state index contributed by atoms with van der Waals surface area (Å²) in [6.07, 6.45) is -4.48. The van der Waals surface area contributed by atoms with Crippen molar-refractivity contribution in [3.63, 3.8) is 0 Å². The number of alkyl halides is 3. The highest BCUT2D eigenvalue weighted by Crippen LogP contribution is 2.28. The minimum atomic E-state index is -4.48. The van der Waals surface area contributed by atoms with Gasteiger partial charge in [0.05, 0.1) is 0 Å². The first-order chi connectivity index (χ1) is 9.29. The Morgan fingerprint density at radius 2 is 2.05 bits per heavy atom.